The molecule has 0 saturated heterocycles. The third-order valence-electron chi connectivity index (χ3n) is 12.5. The summed E-state index contributed by atoms with van der Waals surface area (Å²) in [5.74, 6) is 0.375. The Morgan fingerprint density at radius 2 is 0.810 bits per heavy atom. The lowest BCUT2D eigenvalue weighted by atomic mass is 9.89. The number of hydrogen-bond donors (Lipinski definition) is 0. The Hall–Kier alpha value is -7.42. The van der Waals surface area contributed by atoms with Gasteiger partial charge in [-0.1, -0.05) is 158 Å². The lowest BCUT2D eigenvalue weighted by molar-refractivity contribution is 0.827. The third-order valence-corrected chi connectivity index (χ3v) is 12.5. The Morgan fingerprint density at radius 1 is 0.328 bits per heavy atom. The van der Waals surface area contributed by atoms with Crippen LogP contribution in [0.1, 0.15) is 22.6 Å². The van der Waals surface area contributed by atoms with Gasteiger partial charge in [0.15, 0.2) is 0 Å². The van der Waals surface area contributed by atoms with Crippen LogP contribution < -0.4 is 0 Å². The molecule has 0 fully saturated rings. The van der Waals surface area contributed by atoms with Crippen molar-refractivity contribution in [2.75, 3.05) is 0 Å². The molecule has 0 radical (unpaired) electrons. The van der Waals surface area contributed by atoms with Crippen LogP contribution in [0.15, 0.2) is 212 Å². The lowest BCUT2D eigenvalue weighted by Gasteiger charge is -2.15. The Morgan fingerprint density at radius 3 is 1.50 bits per heavy atom. The largest absolute Gasteiger partial charge is 0.309 e. The second-order valence-corrected chi connectivity index (χ2v) is 15.6. The van der Waals surface area contributed by atoms with Crippen LogP contribution in [-0.2, 0) is 6.42 Å². The average Bonchev–Trinajstić information content (AvgIpc) is 3.92. The van der Waals surface area contributed by atoms with Crippen LogP contribution in [0.25, 0.3) is 88.4 Å². The molecule has 0 saturated carbocycles. The van der Waals surface area contributed by atoms with Gasteiger partial charge in [-0.2, -0.15) is 0 Å². The second-order valence-electron chi connectivity index (χ2n) is 15.6. The first-order valence-corrected chi connectivity index (χ1v) is 20.3. The van der Waals surface area contributed by atoms with Crippen molar-refractivity contribution in [2.45, 2.75) is 12.3 Å². The molecule has 9 aromatic carbocycles. The molecule has 0 unspecified atom stereocenters. The molecule has 2 nitrogen and oxygen atoms in total. The molecular weight excluding hydrogens is 701 g/mol. The number of para-hydroxylation sites is 4. The van der Waals surface area contributed by atoms with Crippen LogP contribution in [-0.4, -0.2) is 9.13 Å². The van der Waals surface area contributed by atoms with Crippen LogP contribution in [0, 0.1) is 0 Å². The zero-order valence-electron chi connectivity index (χ0n) is 31.9. The summed E-state index contributed by atoms with van der Waals surface area (Å²) >= 11 is 0. The van der Waals surface area contributed by atoms with Crippen molar-refractivity contribution >= 4 is 43.6 Å². The fourth-order valence-electron chi connectivity index (χ4n) is 9.87. The van der Waals surface area contributed by atoms with Gasteiger partial charge in [0.1, 0.15) is 0 Å². The fraction of sp³-hybridized carbons (Fsp3) is 0.0357. The highest BCUT2D eigenvalue weighted by Gasteiger charge is 2.28. The van der Waals surface area contributed by atoms with Gasteiger partial charge < -0.3 is 9.13 Å². The highest BCUT2D eigenvalue weighted by molar-refractivity contribution is 6.12. The molecule has 1 aliphatic carbocycles. The summed E-state index contributed by atoms with van der Waals surface area (Å²) in [7, 11) is 0. The minimum Gasteiger partial charge on any atom is -0.309 e. The van der Waals surface area contributed by atoms with Crippen molar-refractivity contribution in [2.24, 2.45) is 0 Å². The summed E-state index contributed by atoms with van der Waals surface area (Å²) in [5, 5.41) is 5.02. The van der Waals surface area contributed by atoms with Gasteiger partial charge >= 0.3 is 0 Å². The number of benzene rings is 9. The molecule has 0 aliphatic heterocycles. The lowest BCUT2D eigenvalue weighted by Crippen LogP contribution is -2.01. The molecule has 1 aliphatic rings. The minimum absolute atomic E-state index is 0.375. The number of hydrogen-bond acceptors (Lipinski definition) is 0. The Kier molecular flexibility index (Phi) is 7.39. The van der Waals surface area contributed by atoms with Gasteiger partial charge in [-0.15, -0.1) is 0 Å². The summed E-state index contributed by atoms with van der Waals surface area (Å²) in [6.45, 7) is 0. The fourth-order valence-corrected chi connectivity index (χ4v) is 9.87. The topological polar surface area (TPSA) is 9.86 Å². The molecule has 0 N–H and O–H groups in total. The highest BCUT2D eigenvalue weighted by atomic mass is 15.0. The van der Waals surface area contributed by atoms with E-state index in [1.807, 2.05) is 0 Å². The van der Waals surface area contributed by atoms with Gasteiger partial charge in [0.25, 0.3) is 0 Å². The number of fused-ring (bicyclic) bond motifs is 9. The van der Waals surface area contributed by atoms with E-state index in [-0.39, 0.29) is 0 Å². The molecule has 0 atom stereocenters. The van der Waals surface area contributed by atoms with Gasteiger partial charge in [-0.25, -0.2) is 0 Å². The van der Waals surface area contributed by atoms with Crippen LogP contribution in [0.2, 0.25) is 0 Å². The second kappa shape index (κ2) is 13.1. The normalized spacial score (nSPS) is 12.5. The summed E-state index contributed by atoms with van der Waals surface area (Å²) < 4.78 is 4.84. The van der Waals surface area contributed by atoms with Gasteiger partial charge in [-0.3, -0.25) is 0 Å². The minimum atomic E-state index is 0.375. The predicted octanol–water partition coefficient (Wildman–Crippen LogP) is 14.6. The SMILES string of the molecule is c1ccc(-n2c3ccccc3c3cc(-c4ccccc4-n4c5ccccc5c5cc(-c6ccc(CC7c8ccccc8-c8ccccc87)cc6)ccc54)ccc32)cc1. The maximum absolute atomic E-state index is 2.46. The van der Waals surface area contributed by atoms with E-state index >= 15 is 0 Å². The first kappa shape index (κ1) is 32.8. The maximum atomic E-state index is 2.46. The maximum Gasteiger partial charge on any atom is 0.0541 e. The third kappa shape index (κ3) is 5.05. The van der Waals surface area contributed by atoms with Crippen LogP contribution in [0.5, 0.6) is 0 Å². The molecular formula is C56H38N2. The summed E-state index contributed by atoms with van der Waals surface area (Å²) in [5.41, 5.74) is 19.0. The first-order valence-electron chi connectivity index (χ1n) is 20.3. The van der Waals surface area contributed by atoms with Crippen molar-refractivity contribution < 1.29 is 0 Å². The van der Waals surface area contributed by atoms with Crippen LogP contribution in [0.3, 0.4) is 0 Å². The van der Waals surface area contributed by atoms with E-state index in [1.165, 1.54) is 105 Å². The van der Waals surface area contributed by atoms with Gasteiger partial charge in [0, 0.05) is 38.7 Å². The molecule has 2 heterocycles. The van der Waals surface area contributed by atoms with Crippen molar-refractivity contribution in [3.8, 4) is 44.8 Å². The van der Waals surface area contributed by atoms with Crippen LogP contribution >= 0.6 is 0 Å². The molecule has 2 aromatic heterocycles. The number of nitrogens with zero attached hydrogens (tertiary/aromatic N) is 2. The van der Waals surface area contributed by atoms with E-state index in [4.69, 9.17) is 0 Å². The van der Waals surface area contributed by atoms with Crippen molar-refractivity contribution in [3.63, 3.8) is 0 Å². The molecule has 272 valence electrons. The highest BCUT2D eigenvalue weighted by Crippen LogP contribution is 2.46. The molecule has 58 heavy (non-hydrogen) atoms. The van der Waals surface area contributed by atoms with E-state index in [0.717, 1.165) is 6.42 Å². The molecule has 0 bridgehead atoms. The van der Waals surface area contributed by atoms with E-state index in [1.54, 1.807) is 0 Å². The Labute approximate surface area is 337 Å². The Balaban J connectivity index is 0.936. The molecule has 2 heteroatoms. The van der Waals surface area contributed by atoms with E-state index < -0.39 is 0 Å². The van der Waals surface area contributed by atoms with E-state index in [0.29, 0.717) is 5.92 Å². The smallest absolute Gasteiger partial charge is 0.0541 e. The summed E-state index contributed by atoms with van der Waals surface area (Å²) in [6.07, 6.45) is 0.988. The molecule has 11 aromatic rings. The van der Waals surface area contributed by atoms with Gasteiger partial charge in [-0.05, 0) is 106 Å². The molecule has 12 rings (SSSR count). The standard InChI is InChI=1S/C56H38N2/c1-2-14-41(15-3-1)57-53-24-12-9-21-47(53)51-36-40(31-33-55(51)57)42-16-8-11-23-52(42)58-54-25-13-10-22-48(54)50-35-39(30-32-56(50)58)38-28-26-37(27-29-38)34-49-45-19-6-4-17-43(45)44-18-5-7-20-46(44)49/h1-33,35-36,49H,34H2. The predicted molar refractivity (Wildman–Crippen MR) is 243 cm³/mol. The summed E-state index contributed by atoms with van der Waals surface area (Å²) in [4.78, 5) is 0. The Bertz CT molecular complexity index is 3320. The van der Waals surface area contributed by atoms with Crippen molar-refractivity contribution in [1.82, 2.24) is 9.13 Å². The average molecular weight is 739 g/mol. The monoisotopic (exact) mass is 738 g/mol. The zero-order chi connectivity index (χ0) is 38.2. The number of rotatable bonds is 6. The van der Waals surface area contributed by atoms with Crippen molar-refractivity contribution in [3.05, 3.63) is 229 Å². The van der Waals surface area contributed by atoms with E-state index in [2.05, 4.69) is 221 Å². The van der Waals surface area contributed by atoms with Crippen LogP contribution in [0.4, 0.5) is 0 Å². The first-order chi connectivity index (χ1) is 28.8. The number of aromatic nitrogens is 2. The van der Waals surface area contributed by atoms with E-state index in [9.17, 15) is 0 Å². The molecule has 0 amide bonds. The van der Waals surface area contributed by atoms with Crippen molar-refractivity contribution in [1.29, 1.82) is 0 Å². The quantitative estimate of drug-likeness (QED) is 0.161. The molecule has 0 spiro atoms. The van der Waals surface area contributed by atoms with Gasteiger partial charge in [0.2, 0.25) is 0 Å². The zero-order valence-corrected chi connectivity index (χ0v) is 31.9. The summed E-state index contributed by atoms with van der Waals surface area (Å²) in [6, 6.07) is 78.2. The van der Waals surface area contributed by atoms with Gasteiger partial charge in [0.05, 0.1) is 27.8 Å².